The number of aromatic nitrogens is 1. The number of amides is 1. The molecule has 6 heteroatoms. The van der Waals surface area contributed by atoms with Crippen LogP contribution in [0.3, 0.4) is 0 Å². The van der Waals surface area contributed by atoms with Crippen molar-refractivity contribution < 1.29 is 13.7 Å². The normalized spacial score (nSPS) is 10.9. The quantitative estimate of drug-likeness (QED) is 0.595. The first-order valence-electron chi connectivity index (χ1n) is 7.78. The second-order valence-corrected chi connectivity index (χ2v) is 5.57. The highest BCUT2D eigenvalue weighted by Crippen LogP contribution is 2.27. The number of nitrogens with zero attached hydrogens (tertiary/aromatic N) is 1. The van der Waals surface area contributed by atoms with E-state index in [1.54, 1.807) is 12.1 Å². The van der Waals surface area contributed by atoms with Crippen LogP contribution in [0, 0.1) is 0 Å². The highest BCUT2D eigenvalue weighted by molar-refractivity contribution is 6.03. The van der Waals surface area contributed by atoms with Crippen molar-refractivity contribution in [3.8, 4) is 11.5 Å². The first kappa shape index (κ1) is 15.0. The van der Waals surface area contributed by atoms with Gasteiger partial charge >= 0.3 is 0 Å². The fourth-order valence-corrected chi connectivity index (χ4v) is 2.81. The van der Waals surface area contributed by atoms with Gasteiger partial charge in [-0.05, 0) is 28.5 Å². The molecule has 0 aliphatic rings. The van der Waals surface area contributed by atoms with E-state index in [-0.39, 0.29) is 23.0 Å². The Morgan fingerprint density at radius 3 is 2.76 bits per heavy atom. The van der Waals surface area contributed by atoms with E-state index in [9.17, 15) is 4.79 Å². The summed E-state index contributed by atoms with van der Waals surface area (Å²) < 4.78 is 10.3. The molecule has 3 N–H and O–H groups in total. The maximum atomic E-state index is 12.6. The Labute approximate surface area is 143 Å². The van der Waals surface area contributed by atoms with Gasteiger partial charge in [0.25, 0.3) is 5.91 Å². The Kier molecular flexibility index (Phi) is 3.70. The molecule has 0 atom stereocenters. The van der Waals surface area contributed by atoms with Crippen LogP contribution in [0.15, 0.2) is 69.8 Å². The summed E-state index contributed by atoms with van der Waals surface area (Å²) in [5.41, 5.74) is 7.26. The fraction of sp³-hybridized carbons (Fsp3) is 0.0526. The van der Waals surface area contributed by atoms with Crippen molar-refractivity contribution in [3.05, 3.63) is 72.0 Å². The molecule has 2 aromatic heterocycles. The van der Waals surface area contributed by atoms with Crippen LogP contribution in [-0.2, 0) is 6.54 Å². The van der Waals surface area contributed by atoms with Crippen LogP contribution in [0.2, 0.25) is 0 Å². The number of furan rings is 1. The summed E-state index contributed by atoms with van der Waals surface area (Å²) in [4.78, 5) is 12.6. The van der Waals surface area contributed by atoms with Crippen molar-refractivity contribution in [2.45, 2.75) is 6.54 Å². The molecule has 25 heavy (non-hydrogen) atoms. The number of hydrogen-bond acceptors (Lipinski definition) is 5. The van der Waals surface area contributed by atoms with E-state index in [0.29, 0.717) is 12.3 Å². The Morgan fingerprint density at radius 1 is 1.08 bits per heavy atom. The summed E-state index contributed by atoms with van der Waals surface area (Å²) in [5.74, 6) is 0.0238. The SMILES string of the molecule is Nc1onc(-c2ccco2)c1C(=O)NCc1cccc2ccccc12. The first-order chi connectivity index (χ1) is 12.2. The van der Waals surface area contributed by atoms with Crippen molar-refractivity contribution >= 4 is 22.6 Å². The van der Waals surface area contributed by atoms with Crippen LogP contribution in [0.1, 0.15) is 15.9 Å². The molecular formula is C19H15N3O3. The standard InChI is InChI=1S/C19H15N3O3/c20-18-16(17(22-25-18)15-9-4-10-24-15)19(23)21-11-13-7-3-6-12-5-1-2-8-14(12)13/h1-10H,11,20H2,(H,21,23). The number of carbonyl (C=O) groups excluding carboxylic acids is 1. The average molecular weight is 333 g/mol. The molecular weight excluding hydrogens is 318 g/mol. The van der Waals surface area contributed by atoms with E-state index in [4.69, 9.17) is 14.7 Å². The summed E-state index contributed by atoms with van der Waals surface area (Å²) in [6.07, 6.45) is 1.50. The number of carbonyl (C=O) groups is 1. The van der Waals surface area contributed by atoms with Gasteiger partial charge in [0, 0.05) is 6.54 Å². The highest BCUT2D eigenvalue weighted by Gasteiger charge is 2.24. The van der Waals surface area contributed by atoms with Crippen molar-refractivity contribution in [1.29, 1.82) is 0 Å². The van der Waals surface area contributed by atoms with E-state index in [2.05, 4.69) is 10.5 Å². The van der Waals surface area contributed by atoms with Gasteiger partial charge in [0.15, 0.2) is 11.5 Å². The Balaban J connectivity index is 1.60. The lowest BCUT2D eigenvalue weighted by atomic mass is 10.0. The van der Waals surface area contributed by atoms with E-state index in [0.717, 1.165) is 16.3 Å². The zero-order valence-electron chi connectivity index (χ0n) is 13.2. The van der Waals surface area contributed by atoms with Crippen molar-refractivity contribution in [1.82, 2.24) is 10.5 Å². The molecule has 2 heterocycles. The molecule has 124 valence electrons. The van der Waals surface area contributed by atoms with Gasteiger partial charge in [-0.25, -0.2) is 0 Å². The lowest BCUT2D eigenvalue weighted by Crippen LogP contribution is -2.24. The molecule has 6 nitrogen and oxygen atoms in total. The van der Waals surface area contributed by atoms with Gasteiger partial charge in [0.05, 0.1) is 6.26 Å². The van der Waals surface area contributed by atoms with Crippen molar-refractivity contribution in [3.63, 3.8) is 0 Å². The van der Waals surface area contributed by atoms with Crippen LogP contribution >= 0.6 is 0 Å². The number of hydrogen-bond donors (Lipinski definition) is 2. The smallest absolute Gasteiger partial charge is 0.259 e. The molecule has 0 aliphatic heterocycles. The number of anilines is 1. The van der Waals surface area contributed by atoms with Crippen LogP contribution < -0.4 is 11.1 Å². The third kappa shape index (κ3) is 2.74. The summed E-state index contributed by atoms with van der Waals surface area (Å²) in [6, 6.07) is 17.4. The van der Waals surface area contributed by atoms with E-state index < -0.39 is 0 Å². The monoisotopic (exact) mass is 333 g/mol. The lowest BCUT2D eigenvalue weighted by Gasteiger charge is -2.08. The average Bonchev–Trinajstić information content (AvgIpc) is 3.29. The third-order valence-electron chi connectivity index (χ3n) is 4.02. The summed E-state index contributed by atoms with van der Waals surface area (Å²) in [7, 11) is 0. The number of rotatable bonds is 4. The van der Waals surface area contributed by atoms with Gasteiger partial charge in [0.2, 0.25) is 5.88 Å². The Bertz CT molecular complexity index is 1030. The minimum Gasteiger partial charge on any atom is -0.463 e. The molecule has 4 rings (SSSR count). The van der Waals surface area contributed by atoms with E-state index in [1.807, 2.05) is 42.5 Å². The lowest BCUT2D eigenvalue weighted by molar-refractivity contribution is 0.0952. The predicted molar refractivity (Wildman–Crippen MR) is 93.7 cm³/mol. The summed E-state index contributed by atoms with van der Waals surface area (Å²) in [5, 5.41) is 8.92. The van der Waals surface area contributed by atoms with E-state index in [1.165, 1.54) is 6.26 Å². The topological polar surface area (TPSA) is 94.3 Å². The Morgan fingerprint density at radius 2 is 1.92 bits per heavy atom. The van der Waals surface area contributed by atoms with Crippen LogP contribution in [0.5, 0.6) is 0 Å². The maximum Gasteiger partial charge on any atom is 0.259 e. The van der Waals surface area contributed by atoms with Gasteiger partial charge in [-0.2, -0.15) is 0 Å². The van der Waals surface area contributed by atoms with Gasteiger partial charge in [-0.3, -0.25) is 4.79 Å². The molecule has 4 aromatic rings. The fourth-order valence-electron chi connectivity index (χ4n) is 2.81. The number of fused-ring (bicyclic) bond motifs is 1. The molecule has 2 aromatic carbocycles. The minimum absolute atomic E-state index is 0.0400. The van der Waals surface area contributed by atoms with Crippen LogP contribution in [0.4, 0.5) is 5.88 Å². The number of nitrogen functional groups attached to an aromatic ring is 1. The van der Waals surface area contributed by atoms with E-state index >= 15 is 0 Å². The molecule has 0 saturated carbocycles. The molecule has 0 spiro atoms. The molecule has 0 bridgehead atoms. The molecule has 1 amide bonds. The van der Waals surface area contributed by atoms with Crippen LogP contribution in [-0.4, -0.2) is 11.1 Å². The van der Waals surface area contributed by atoms with Crippen molar-refractivity contribution in [2.75, 3.05) is 5.73 Å². The maximum absolute atomic E-state index is 12.6. The third-order valence-corrected chi connectivity index (χ3v) is 4.02. The second-order valence-electron chi connectivity index (χ2n) is 5.57. The van der Waals surface area contributed by atoms with Gasteiger partial charge in [-0.15, -0.1) is 0 Å². The number of benzene rings is 2. The van der Waals surface area contributed by atoms with Gasteiger partial charge in [-0.1, -0.05) is 47.6 Å². The largest absolute Gasteiger partial charge is 0.463 e. The molecule has 0 aliphatic carbocycles. The Hall–Kier alpha value is -3.54. The van der Waals surface area contributed by atoms with Gasteiger partial charge < -0.3 is 20.0 Å². The number of nitrogens with one attached hydrogen (secondary N) is 1. The zero-order valence-corrected chi connectivity index (χ0v) is 13.2. The minimum atomic E-state index is -0.363. The van der Waals surface area contributed by atoms with Crippen molar-refractivity contribution in [2.24, 2.45) is 0 Å². The number of nitrogens with two attached hydrogens (primary N) is 1. The highest BCUT2D eigenvalue weighted by atomic mass is 16.5. The molecule has 0 radical (unpaired) electrons. The van der Waals surface area contributed by atoms with Gasteiger partial charge in [0.1, 0.15) is 5.56 Å². The molecule has 0 saturated heterocycles. The summed E-state index contributed by atoms with van der Waals surface area (Å²) in [6.45, 7) is 0.363. The summed E-state index contributed by atoms with van der Waals surface area (Å²) >= 11 is 0. The zero-order chi connectivity index (χ0) is 17.2. The van der Waals surface area contributed by atoms with Crippen LogP contribution in [0.25, 0.3) is 22.2 Å². The second kappa shape index (κ2) is 6.16. The predicted octanol–water partition coefficient (Wildman–Crippen LogP) is 3.60. The molecule has 0 unspecified atom stereocenters. The molecule has 0 fully saturated rings. The first-order valence-corrected chi connectivity index (χ1v) is 7.78.